The number of nitrogens with one attached hydrogen (secondary N) is 2. The Hall–Kier alpha value is -7.59. The van der Waals surface area contributed by atoms with E-state index < -0.39 is 23.7 Å². The van der Waals surface area contributed by atoms with Gasteiger partial charge in [0.05, 0.1) is 103 Å². The molecule has 0 aliphatic carbocycles. The number of benzene rings is 2. The number of fused-ring (bicyclic) bond motifs is 6. The molecule has 0 spiro atoms. The number of hydrogen-bond donors (Lipinski definition) is 2. The van der Waals surface area contributed by atoms with E-state index in [0.29, 0.717) is 82.7 Å². The number of carbonyl (C=O) groups excluding carboxylic acids is 3. The van der Waals surface area contributed by atoms with E-state index in [1.165, 1.54) is 23.0 Å². The summed E-state index contributed by atoms with van der Waals surface area (Å²) in [5.41, 5.74) is 6.95. The lowest BCUT2D eigenvalue weighted by Gasteiger charge is -2.15. The minimum Gasteiger partial charge on any atom is -0.496 e. The number of ether oxygens (including phenoxy) is 4. The third-order valence-corrected chi connectivity index (χ3v) is 14.1. The number of nitrogens with zero attached hydrogens (tertiary/aromatic N) is 9. The first-order valence-corrected chi connectivity index (χ1v) is 24.6. The fourth-order valence-corrected chi connectivity index (χ4v) is 10.5. The Balaban J connectivity index is 0.803. The molecule has 378 valence electrons. The highest BCUT2D eigenvalue weighted by atomic mass is 35.5. The van der Waals surface area contributed by atoms with E-state index >= 15 is 0 Å². The van der Waals surface area contributed by atoms with E-state index in [-0.39, 0.29) is 64.3 Å². The molecule has 1 aliphatic rings. The summed E-state index contributed by atoms with van der Waals surface area (Å²) in [6.45, 7) is 10.3. The molecule has 0 fully saturated rings. The fourth-order valence-electron chi connectivity index (χ4n) is 9.05. The third kappa shape index (κ3) is 10.00. The summed E-state index contributed by atoms with van der Waals surface area (Å²) < 4.78 is 32.7. The molecule has 2 amide bonds. The fraction of sp³-hybridized carbons (Fsp3) is 0.333. The van der Waals surface area contributed by atoms with Crippen molar-refractivity contribution in [3.05, 3.63) is 133 Å². The van der Waals surface area contributed by atoms with Crippen molar-refractivity contribution in [3.63, 3.8) is 0 Å². The van der Waals surface area contributed by atoms with Crippen LogP contribution in [0.4, 0.5) is 0 Å². The normalized spacial score (nSPS) is 13.6. The van der Waals surface area contributed by atoms with Gasteiger partial charge in [0.2, 0.25) is 5.91 Å². The van der Waals surface area contributed by atoms with Crippen molar-refractivity contribution >= 4 is 68.4 Å². The highest BCUT2D eigenvalue weighted by Crippen LogP contribution is 2.41. The van der Waals surface area contributed by atoms with Crippen LogP contribution in [0.5, 0.6) is 5.75 Å². The molecule has 73 heavy (non-hydrogen) atoms. The van der Waals surface area contributed by atoms with E-state index in [2.05, 4.69) is 31.0 Å². The standard InChI is InChI=1S/C51H52ClN11O9S/c1-27-43-45(32-11-13-33(52)14-12-32)57-38(24-42(65)69-7)48-59-58-31(5)63(48)50(43)73-47(27)49(66)55-17-19-71-21-20-70-18-16-54-41(64)26-61-39-25-56-37-22-35(44-28(2)60-72-30(44)4)40(68-6)23-34(37)46(39)62(51(61)67)29(3)36-10-8-9-15-53-36/h8-15,22-23,25,29,38H,16-21,24,26H2,1-7H3,(H,54,64)(H,55,66)/t29-,38+/m1/s1. The number of pyridine rings is 2. The van der Waals surface area contributed by atoms with Gasteiger partial charge in [-0.3, -0.25) is 43.0 Å². The molecule has 6 aromatic heterocycles. The van der Waals surface area contributed by atoms with Gasteiger partial charge in [0.1, 0.15) is 34.9 Å². The summed E-state index contributed by atoms with van der Waals surface area (Å²) in [5.74, 6) is 1.08. The van der Waals surface area contributed by atoms with Gasteiger partial charge in [0.15, 0.2) is 5.82 Å². The first-order chi connectivity index (χ1) is 35.3. The van der Waals surface area contributed by atoms with E-state index in [0.717, 1.165) is 22.3 Å². The smallest absolute Gasteiger partial charge is 0.330 e. The maximum Gasteiger partial charge on any atom is 0.330 e. The summed E-state index contributed by atoms with van der Waals surface area (Å²) in [7, 11) is 2.90. The molecule has 20 nitrogen and oxygen atoms in total. The van der Waals surface area contributed by atoms with Gasteiger partial charge in [-0.15, -0.1) is 21.5 Å². The van der Waals surface area contributed by atoms with Crippen LogP contribution < -0.4 is 21.1 Å². The molecule has 2 atom stereocenters. The number of aryl methyl sites for hydroxylation is 3. The van der Waals surface area contributed by atoms with Crippen LogP contribution in [0.15, 0.2) is 81.3 Å². The topological polar surface area (TPSA) is 234 Å². The average Bonchev–Trinajstić information content (AvgIpc) is 4.10. The van der Waals surface area contributed by atoms with Crippen LogP contribution in [-0.4, -0.2) is 116 Å². The lowest BCUT2D eigenvalue weighted by atomic mass is 9.99. The molecule has 0 unspecified atom stereocenters. The van der Waals surface area contributed by atoms with Gasteiger partial charge in [-0.2, -0.15) is 0 Å². The molecule has 8 aromatic rings. The highest BCUT2D eigenvalue weighted by molar-refractivity contribution is 7.17. The first kappa shape index (κ1) is 50.4. The lowest BCUT2D eigenvalue weighted by molar-refractivity contribution is -0.141. The van der Waals surface area contributed by atoms with Crippen LogP contribution >= 0.6 is 22.9 Å². The minimum atomic E-state index is -0.691. The van der Waals surface area contributed by atoms with Gasteiger partial charge in [-0.1, -0.05) is 35.0 Å². The number of aromatic nitrogens is 8. The molecule has 0 radical (unpaired) electrons. The van der Waals surface area contributed by atoms with Gasteiger partial charge >= 0.3 is 11.7 Å². The summed E-state index contributed by atoms with van der Waals surface area (Å²) in [5, 5.41) is 20.5. The number of amides is 2. The van der Waals surface area contributed by atoms with Crippen molar-refractivity contribution < 1.29 is 37.9 Å². The summed E-state index contributed by atoms with van der Waals surface area (Å²) in [6, 6.07) is 15.3. The number of carbonyl (C=O) groups is 3. The van der Waals surface area contributed by atoms with Crippen LogP contribution in [0.1, 0.15) is 80.6 Å². The van der Waals surface area contributed by atoms with Gasteiger partial charge < -0.3 is 34.1 Å². The SMILES string of the molecule is COC(=O)C[C@@H]1N=C(c2ccc(Cl)cc2)c2c(sc(C(=O)NCCOCCOCCNC(=O)Cn3c(=O)n([C@H](C)c4ccccn4)c4c5cc(OC)c(-c6c(C)noc6C)cc5ncc43)c2C)-n2c(C)nnc21. The maximum atomic E-state index is 14.4. The monoisotopic (exact) mass is 1030 g/mol. The molecule has 9 rings (SSSR count). The number of halogens is 1. The molecule has 2 N–H and O–H groups in total. The molecule has 0 saturated carbocycles. The van der Waals surface area contributed by atoms with Crippen LogP contribution in [0.3, 0.4) is 0 Å². The molecule has 0 bridgehead atoms. The molecule has 7 heterocycles. The number of hydrogen-bond acceptors (Lipinski definition) is 16. The van der Waals surface area contributed by atoms with Gasteiger partial charge in [0.25, 0.3) is 5.91 Å². The van der Waals surface area contributed by atoms with Crippen LogP contribution in [-0.2, 0) is 30.3 Å². The molecule has 1 aliphatic heterocycles. The van der Waals surface area contributed by atoms with Gasteiger partial charge in [0, 0.05) is 46.4 Å². The summed E-state index contributed by atoms with van der Waals surface area (Å²) in [4.78, 5) is 68.9. The quantitative estimate of drug-likeness (QED) is 0.0643. The number of rotatable bonds is 19. The Labute approximate surface area is 427 Å². The zero-order chi connectivity index (χ0) is 51.5. The van der Waals surface area contributed by atoms with Crippen molar-refractivity contribution in [1.29, 1.82) is 0 Å². The molecular formula is C51H52ClN11O9S. The molecule has 2 aromatic carbocycles. The third-order valence-electron chi connectivity index (χ3n) is 12.6. The van der Waals surface area contributed by atoms with Crippen molar-refractivity contribution in [2.75, 3.05) is 53.7 Å². The number of imidazole rings is 1. The van der Waals surface area contributed by atoms with E-state index in [1.807, 2.05) is 81.7 Å². The predicted octanol–water partition coefficient (Wildman–Crippen LogP) is 6.58. The Kier molecular flexibility index (Phi) is 14.9. The zero-order valence-corrected chi connectivity index (χ0v) is 42.7. The van der Waals surface area contributed by atoms with Crippen LogP contribution in [0, 0.1) is 27.7 Å². The van der Waals surface area contributed by atoms with Crippen LogP contribution in [0.25, 0.3) is 38.1 Å². The number of methoxy groups -OCH3 is 2. The predicted molar refractivity (Wildman–Crippen MR) is 273 cm³/mol. The van der Waals surface area contributed by atoms with Crippen molar-refractivity contribution in [1.82, 2.24) is 49.7 Å². The number of esters is 1. The second kappa shape index (κ2) is 21.6. The summed E-state index contributed by atoms with van der Waals surface area (Å²) in [6.07, 6.45) is 3.23. The van der Waals surface area contributed by atoms with E-state index in [4.69, 9.17) is 45.0 Å². The van der Waals surface area contributed by atoms with E-state index in [1.54, 1.807) is 36.2 Å². The number of aliphatic imine (C=N–C) groups is 1. The second-order valence-electron chi connectivity index (χ2n) is 17.2. The molecular weight excluding hydrogens is 978 g/mol. The Bertz CT molecular complexity index is 3450. The minimum absolute atomic E-state index is 0.0535. The van der Waals surface area contributed by atoms with Crippen molar-refractivity contribution in [2.45, 2.75) is 59.7 Å². The zero-order valence-electron chi connectivity index (χ0n) is 41.1. The highest BCUT2D eigenvalue weighted by Gasteiger charge is 2.34. The largest absolute Gasteiger partial charge is 0.496 e. The Morgan fingerprint density at radius 1 is 0.918 bits per heavy atom. The van der Waals surface area contributed by atoms with E-state index in [9.17, 15) is 19.2 Å². The Morgan fingerprint density at radius 3 is 2.36 bits per heavy atom. The number of thiophene rings is 1. The van der Waals surface area contributed by atoms with Crippen molar-refractivity contribution in [3.8, 4) is 21.9 Å². The van der Waals surface area contributed by atoms with Crippen molar-refractivity contribution in [2.24, 2.45) is 4.99 Å². The van der Waals surface area contributed by atoms with Gasteiger partial charge in [-0.25, -0.2) is 4.79 Å². The first-order valence-electron chi connectivity index (χ1n) is 23.4. The maximum absolute atomic E-state index is 14.4. The lowest BCUT2D eigenvalue weighted by Crippen LogP contribution is -2.35. The molecule has 0 saturated heterocycles. The van der Waals surface area contributed by atoms with Crippen LogP contribution in [0.2, 0.25) is 5.02 Å². The average molecular weight is 1030 g/mol. The van der Waals surface area contributed by atoms with Gasteiger partial charge in [-0.05, 0) is 76.6 Å². The molecule has 22 heteroatoms. The summed E-state index contributed by atoms with van der Waals surface area (Å²) >= 11 is 7.53. The second-order valence-corrected chi connectivity index (χ2v) is 18.7. The Morgan fingerprint density at radius 2 is 1.67 bits per heavy atom.